The highest BCUT2D eigenvalue weighted by atomic mass is 16.8. The first-order valence-corrected chi connectivity index (χ1v) is 4.33. The van der Waals surface area contributed by atoms with Crippen LogP contribution >= 0.6 is 0 Å². The third-order valence-electron chi connectivity index (χ3n) is 1.52. The molecule has 1 aliphatic heterocycles. The van der Waals surface area contributed by atoms with Crippen molar-refractivity contribution in [3.8, 4) is 0 Å². The second-order valence-corrected chi connectivity index (χ2v) is 2.44. The molecule has 0 radical (unpaired) electrons. The highest BCUT2D eigenvalue weighted by molar-refractivity contribution is 4.53. The minimum atomic E-state index is -0.264. The molecule has 0 amide bonds. The molecule has 72 valence electrons. The fraction of sp³-hybridized carbons (Fsp3) is 1.00. The summed E-state index contributed by atoms with van der Waals surface area (Å²) < 4.78 is 21.1. The van der Waals surface area contributed by atoms with Crippen LogP contribution in [-0.2, 0) is 18.9 Å². The molecule has 1 aliphatic rings. The minimum Gasteiger partial charge on any atom is -0.371 e. The highest BCUT2D eigenvalue weighted by Crippen LogP contribution is 2.09. The van der Waals surface area contributed by atoms with Gasteiger partial charge in [-0.25, -0.2) is 0 Å². The summed E-state index contributed by atoms with van der Waals surface area (Å²) in [7, 11) is 0. The van der Waals surface area contributed by atoms with Gasteiger partial charge in [-0.3, -0.25) is 0 Å². The monoisotopic (exact) mass is 176 g/mol. The van der Waals surface area contributed by atoms with Crippen molar-refractivity contribution in [1.82, 2.24) is 0 Å². The Morgan fingerprint density at radius 3 is 2.00 bits per heavy atom. The fourth-order valence-electron chi connectivity index (χ4n) is 1.05. The largest absolute Gasteiger partial charge is 0.371 e. The number of hydrogen-bond acceptors (Lipinski definition) is 4. The first-order valence-electron chi connectivity index (χ1n) is 4.33. The summed E-state index contributed by atoms with van der Waals surface area (Å²) in [4.78, 5) is 0. The van der Waals surface area contributed by atoms with Gasteiger partial charge in [-0.1, -0.05) is 0 Å². The van der Waals surface area contributed by atoms with Gasteiger partial charge >= 0.3 is 0 Å². The minimum absolute atomic E-state index is 0.264. The molecular weight excluding hydrogens is 160 g/mol. The summed E-state index contributed by atoms with van der Waals surface area (Å²) in [5, 5.41) is 0. The summed E-state index contributed by atoms with van der Waals surface area (Å²) in [5.74, 6) is 0. The summed E-state index contributed by atoms with van der Waals surface area (Å²) >= 11 is 0. The van der Waals surface area contributed by atoms with E-state index in [0.717, 1.165) is 0 Å². The molecule has 0 aromatic heterocycles. The van der Waals surface area contributed by atoms with E-state index in [1.54, 1.807) is 0 Å². The molecule has 1 saturated heterocycles. The average molecular weight is 176 g/mol. The van der Waals surface area contributed by atoms with E-state index in [2.05, 4.69) is 0 Å². The van der Waals surface area contributed by atoms with E-state index in [1.807, 2.05) is 13.8 Å². The van der Waals surface area contributed by atoms with Crippen LogP contribution < -0.4 is 0 Å². The van der Waals surface area contributed by atoms with Crippen molar-refractivity contribution < 1.29 is 18.9 Å². The van der Waals surface area contributed by atoms with E-state index >= 15 is 0 Å². The van der Waals surface area contributed by atoms with Crippen LogP contribution in [0.3, 0.4) is 0 Å². The van der Waals surface area contributed by atoms with Gasteiger partial charge in [0.1, 0.15) is 0 Å². The predicted octanol–water partition coefficient (Wildman–Crippen LogP) is 0.758. The molecule has 2 atom stereocenters. The van der Waals surface area contributed by atoms with Gasteiger partial charge in [0.25, 0.3) is 0 Å². The van der Waals surface area contributed by atoms with Crippen molar-refractivity contribution in [2.75, 3.05) is 26.4 Å². The Morgan fingerprint density at radius 1 is 1.08 bits per heavy atom. The Hall–Kier alpha value is -0.160. The van der Waals surface area contributed by atoms with Crippen molar-refractivity contribution in [2.45, 2.75) is 26.4 Å². The maximum Gasteiger partial charge on any atom is 0.183 e. The van der Waals surface area contributed by atoms with Crippen LogP contribution in [0, 0.1) is 0 Å². The molecule has 0 aromatic carbocycles. The second kappa shape index (κ2) is 5.48. The van der Waals surface area contributed by atoms with Crippen molar-refractivity contribution in [2.24, 2.45) is 0 Å². The Labute approximate surface area is 72.7 Å². The third-order valence-corrected chi connectivity index (χ3v) is 1.52. The SMILES string of the molecule is CCO[C@H]1COC[C@@H](OCC)O1. The van der Waals surface area contributed by atoms with Gasteiger partial charge in [0.15, 0.2) is 12.6 Å². The van der Waals surface area contributed by atoms with Crippen LogP contribution in [-0.4, -0.2) is 39.0 Å². The molecule has 4 nitrogen and oxygen atoms in total. The lowest BCUT2D eigenvalue weighted by Crippen LogP contribution is -2.39. The van der Waals surface area contributed by atoms with Gasteiger partial charge in [-0.15, -0.1) is 0 Å². The van der Waals surface area contributed by atoms with Crippen molar-refractivity contribution in [1.29, 1.82) is 0 Å². The van der Waals surface area contributed by atoms with E-state index in [1.165, 1.54) is 0 Å². The molecule has 1 rings (SSSR count). The molecule has 12 heavy (non-hydrogen) atoms. The third kappa shape index (κ3) is 3.06. The van der Waals surface area contributed by atoms with Gasteiger partial charge < -0.3 is 18.9 Å². The lowest BCUT2D eigenvalue weighted by molar-refractivity contribution is -0.304. The summed E-state index contributed by atoms with van der Waals surface area (Å²) in [6.07, 6.45) is -0.527. The molecular formula is C8H16O4. The molecule has 1 heterocycles. The van der Waals surface area contributed by atoms with Crippen molar-refractivity contribution in [3.05, 3.63) is 0 Å². The summed E-state index contributed by atoms with van der Waals surface area (Å²) in [5.41, 5.74) is 0. The molecule has 0 spiro atoms. The lowest BCUT2D eigenvalue weighted by atomic mass is 10.5. The van der Waals surface area contributed by atoms with E-state index < -0.39 is 0 Å². The maximum atomic E-state index is 5.40. The molecule has 0 bridgehead atoms. The maximum absolute atomic E-state index is 5.40. The first-order chi connectivity index (χ1) is 5.86. The smallest absolute Gasteiger partial charge is 0.183 e. The predicted molar refractivity (Wildman–Crippen MR) is 42.7 cm³/mol. The van der Waals surface area contributed by atoms with Gasteiger partial charge in [0.05, 0.1) is 13.2 Å². The van der Waals surface area contributed by atoms with Gasteiger partial charge in [0.2, 0.25) is 0 Å². The molecule has 0 unspecified atom stereocenters. The summed E-state index contributed by atoms with van der Waals surface area (Å²) in [6, 6.07) is 0. The first kappa shape index (κ1) is 9.92. The van der Waals surface area contributed by atoms with E-state index in [9.17, 15) is 0 Å². The van der Waals surface area contributed by atoms with Gasteiger partial charge in [-0.2, -0.15) is 0 Å². The van der Waals surface area contributed by atoms with Gasteiger partial charge in [-0.05, 0) is 13.8 Å². The van der Waals surface area contributed by atoms with Crippen LogP contribution in [0.15, 0.2) is 0 Å². The number of rotatable bonds is 4. The molecule has 0 aromatic rings. The van der Waals surface area contributed by atoms with Crippen molar-refractivity contribution in [3.63, 3.8) is 0 Å². The van der Waals surface area contributed by atoms with Crippen LogP contribution in [0.5, 0.6) is 0 Å². The van der Waals surface area contributed by atoms with Gasteiger partial charge in [0, 0.05) is 13.2 Å². The zero-order valence-electron chi connectivity index (χ0n) is 7.62. The zero-order valence-corrected chi connectivity index (χ0v) is 7.62. The van der Waals surface area contributed by atoms with Crippen LogP contribution in [0.4, 0.5) is 0 Å². The van der Waals surface area contributed by atoms with Crippen molar-refractivity contribution >= 4 is 0 Å². The highest BCUT2D eigenvalue weighted by Gasteiger charge is 2.22. The summed E-state index contributed by atoms with van der Waals surface area (Å²) in [6.45, 7) is 6.11. The standard InChI is InChI=1S/C8H16O4/c1-3-10-7-5-9-6-8(12-7)11-4-2/h7-8H,3-6H2,1-2H3/t7-,8+. The topological polar surface area (TPSA) is 36.9 Å². The fourth-order valence-corrected chi connectivity index (χ4v) is 1.05. The molecule has 4 heteroatoms. The Bertz CT molecular complexity index is 102. The van der Waals surface area contributed by atoms with E-state index in [4.69, 9.17) is 18.9 Å². The zero-order chi connectivity index (χ0) is 8.81. The molecule has 1 fully saturated rings. The van der Waals surface area contributed by atoms with Crippen LogP contribution in [0.25, 0.3) is 0 Å². The number of ether oxygens (including phenoxy) is 4. The molecule has 0 aliphatic carbocycles. The Kier molecular flexibility index (Phi) is 4.53. The lowest BCUT2D eigenvalue weighted by Gasteiger charge is -2.29. The van der Waals surface area contributed by atoms with E-state index in [0.29, 0.717) is 26.4 Å². The normalized spacial score (nSPS) is 30.5. The Balaban J connectivity index is 2.20. The molecule has 0 saturated carbocycles. The molecule has 0 N–H and O–H groups in total. The average Bonchev–Trinajstić information content (AvgIpc) is 2.06. The second-order valence-electron chi connectivity index (χ2n) is 2.44. The van der Waals surface area contributed by atoms with E-state index in [-0.39, 0.29) is 12.6 Å². The van der Waals surface area contributed by atoms with Crippen LogP contribution in [0.1, 0.15) is 13.8 Å². The Morgan fingerprint density at radius 2 is 1.58 bits per heavy atom. The quantitative estimate of drug-likeness (QED) is 0.633. The number of hydrogen-bond donors (Lipinski definition) is 0. The van der Waals surface area contributed by atoms with Crippen LogP contribution in [0.2, 0.25) is 0 Å².